The monoisotopic (exact) mass is 434 g/mol. The second-order valence-corrected chi connectivity index (χ2v) is 10.5. The Morgan fingerprint density at radius 1 is 1.33 bits per heavy atom. The Morgan fingerprint density at radius 3 is 2.67 bits per heavy atom. The smallest absolute Gasteiger partial charge is 0.303 e. The summed E-state index contributed by atoms with van der Waals surface area (Å²) in [7, 11) is 0. The van der Waals surface area contributed by atoms with Gasteiger partial charge in [0.15, 0.2) is 17.2 Å². The lowest BCUT2D eigenvalue weighted by molar-refractivity contribution is -0.201. The molecule has 8 atom stereocenters. The molecular weight excluding hydrogens is 404 g/mol. The Bertz CT molecular complexity index is 862. The van der Waals surface area contributed by atoms with Crippen LogP contribution in [0.1, 0.15) is 53.4 Å². The molecule has 164 valence electrons. The number of ether oxygens (including phenoxy) is 1. The van der Waals surface area contributed by atoms with E-state index < -0.39 is 23.1 Å². The number of hydrogen-bond donors (Lipinski definition) is 1. The number of ketones is 2. The van der Waals surface area contributed by atoms with E-state index in [9.17, 15) is 19.5 Å². The van der Waals surface area contributed by atoms with Crippen LogP contribution in [0.15, 0.2) is 23.8 Å². The maximum absolute atomic E-state index is 13.2. The molecule has 0 saturated heterocycles. The predicted octanol–water partition coefficient (Wildman–Crippen LogP) is 3.62. The van der Waals surface area contributed by atoms with Crippen molar-refractivity contribution in [3.05, 3.63) is 23.8 Å². The van der Waals surface area contributed by atoms with Gasteiger partial charge >= 0.3 is 5.97 Å². The van der Waals surface area contributed by atoms with Gasteiger partial charge in [0, 0.05) is 29.6 Å². The first-order valence-electron chi connectivity index (χ1n) is 10.9. The summed E-state index contributed by atoms with van der Waals surface area (Å²) in [6.45, 7) is 7.42. The van der Waals surface area contributed by atoms with Crippen LogP contribution in [-0.2, 0) is 19.1 Å². The van der Waals surface area contributed by atoms with Gasteiger partial charge in [0.25, 0.3) is 0 Å². The van der Waals surface area contributed by atoms with Crippen molar-refractivity contribution < 1.29 is 24.2 Å². The van der Waals surface area contributed by atoms with Crippen molar-refractivity contribution in [3.63, 3.8) is 0 Å². The quantitative estimate of drug-likeness (QED) is 0.542. The van der Waals surface area contributed by atoms with Crippen molar-refractivity contribution in [2.75, 3.05) is 5.88 Å². The van der Waals surface area contributed by atoms with Gasteiger partial charge in [0.2, 0.25) is 0 Å². The molecule has 3 saturated carbocycles. The molecule has 0 amide bonds. The van der Waals surface area contributed by atoms with Crippen LogP contribution in [0, 0.1) is 34.5 Å². The Labute approximate surface area is 182 Å². The highest BCUT2D eigenvalue weighted by molar-refractivity contribution is 6.29. The number of esters is 1. The number of hydrogen-bond acceptors (Lipinski definition) is 5. The summed E-state index contributed by atoms with van der Waals surface area (Å²) in [6, 6.07) is 0. The standard InChI is InChI=1S/C24H31ClO5/c1-13-9-18-17-6-5-15-10-16(27)7-8-22(15,3)21(17)19(28)11-23(18,4)24(13,20(29)12-25)30-14(2)26/h7-8,10,13,17-19,21,28H,5-6,9,11-12H2,1-4H3/t13-,17+,18+,19+,21-,22+,23+,24-/m1/s1. The summed E-state index contributed by atoms with van der Waals surface area (Å²) in [5.74, 6) is -0.903. The number of aliphatic hydroxyl groups is 1. The van der Waals surface area contributed by atoms with Gasteiger partial charge in [-0.1, -0.05) is 32.4 Å². The molecular formula is C24H31ClO5. The number of carbonyl (C=O) groups is 3. The Kier molecular flexibility index (Phi) is 5.10. The van der Waals surface area contributed by atoms with Crippen molar-refractivity contribution in [1.29, 1.82) is 0 Å². The molecule has 30 heavy (non-hydrogen) atoms. The van der Waals surface area contributed by atoms with Gasteiger partial charge in [-0.05, 0) is 49.7 Å². The van der Waals surface area contributed by atoms with Crippen LogP contribution in [-0.4, -0.2) is 40.2 Å². The fourth-order valence-electron chi connectivity index (χ4n) is 7.84. The topological polar surface area (TPSA) is 80.7 Å². The largest absolute Gasteiger partial charge is 0.450 e. The minimum atomic E-state index is -1.31. The van der Waals surface area contributed by atoms with Crippen LogP contribution >= 0.6 is 11.6 Å². The molecule has 0 unspecified atom stereocenters. The maximum atomic E-state index is 13.2. The highest BCUT2D eigenvalue weighted by Gasteiger charge is 2.72. The summed E-state index contributed by atoms with van der Waals surface area (Å²) >= 11 is 6.01. The van der Waals surface area contributed by atoms with Gasteiger partial charge in [-0.2, -0.15) is 0 Å². The molecule has 0 aromatic carbocycles. The number of aliphatic hydroxyl groups excluding tert-OH is 1. The lowest BCUT2D eigenvalue weighted by atomic mass is 9.46. The molecule has 4 aliphatic rings. The average molecular weight is 435 g/mol. The number of halogens is 1. The fraction of sp³-hybridized carbons (Fsp3) is 0.708. The van der Waals surface area contributed by atoms with E-state index in [0.717, 1.165) is 24.8 Å². The van der Waals surface area contributed by atoms with E-state index >= 15 is 0 Å². The zero-order valence-electron chi connectivity index (χ0n) is 18.1. The van der Waals surface area contributed by atoms with Gasteiger partial charge in [-0.3, -0.25) is 14.4 Å². The lowest BCUT2D eigenvalue weighted by Gasteiger charge is -2.60. The number of rotatable bonds is 3. The summed E-state index contributed by atoms with van der Waals surface area (Å²) < 4.78 is 5.86. The molecule has 0 aromatic rings. The average Bonchev–Trinajstić information content (AvgIpc) is 2.88. The highest BCUT2D eigenvalue weighted by Crippen LogP contribution is 2.69. The summed E-state index contributed by atoms with van der Waals surface area (Å²) in [4.78, 5) is 37.2. The van der Waals surface area contributed by atoms with Crippen molar-refractivity contribution in [2.45, 2.75) is 65.1 Å². The molecule has 0 spiro atoms. The maximum Gasteiger partial charge on any atom is 0.303 e. The van der Waals surface area contributed by atoms with Gasteiger partial charge in [0.05, 0.1) is 12.0 Å². The first-order valence-corrected chi connectivity index (χ1v) is 11.5. The van der Waals surface area contributed by atoms with E-state index in [1.165, 1.54) is 6.92 Å². The number of Topliss-reactive ketones (excluding diaryl/α,β-unsaturated/α-hetero) is 1. The van der Waals surface area contributed by atoms with Crippen LogP contribution in [0.3, 0.4) is 0 Å². The van der Waals surface area contributed by atoms with E-state index in [1.807, 2.05) is 19.9 Å². The molecule has 0 radical (unpaired) electrons. The minimum absolute atomic E-state index is 0.00661. The number of alkyl halides is 1. The van der Waals surface area contributed by atoms with Crippen LogP contribution in [0.25, 0.3) is 0 Å². The number of carbonyl (C=O) groups excluding carboxylic acids is 3. The Morgan fingerprint density at radius 2 is 2.03 bits per heavy atom. The summed E-state index contributed by atoms with van der Waals surface area (Å²) in [5.41, 5.74) is -1.28. The summed E-state index contributed by atoms with van der Waals surface area (Å²) in [5, 5.41) is 11.5. The van der Waals surface area contributed by atoms with Crippen molar-refractivity contribution in [2.24, 2.45) is 34.5 Å². The first-order chi connectivity index (χ1) is 14.0. The van der Waals surface area contributed by atoms with Gasteiger partial charge in [-0.15, -0.1) is 11.6 Å². The van der Waals surface area contributed by atoms with Crippen molar-refractivity contribution in [1.82, 2.24) is 0 Å². The van der Waals surface area contributed by atoms with E-state index in [4.69, 9.17) is 16.3 Å². The third kappa shape index (κ3) is 2.67. The van der Waals surface area contributed by atoms with E-state index in [1.54, 1.807) is 12.2 Å². The molecule has 4 rings (SSSR count). The van der Waals surface area contributed by atoms with Crippen molar-refractivity contribution >= 4 is 29.1 Å². The molecule has 0 aliphatic heterocycles. The number of allylic oxidation sites excluding steroid dienone is 4. The zero-order chi connectivity index (χ0) is 22.1. The molecule has 3 fully saturated rings. The third-order valence-electron chi connectivity index (χ3n) is 8.88. The third-order valence-corrected chi connectivity index (χ3v) is 9.12. The molecule has 1 N–H and O–H groups in total. The zero-order valence-corrected chi connectivity index (χ0v) is 18.9. The second-order valence-electron chi connectivity index (χ2n) is 10.2. The molecule has 4 aliphatic carbocycles. The second kappa shape index (κ2) is 7.03. The SMILES string of the molecule is CC(=O)O[C@@]1(C(=O)CCl)[C@H](C)C[C@H]2[C@@H]3CCC4=CC(=O)C=C[C@]4(C)[C@H]3[C@@H](O)C[C@@]21C. The molecule has 0 aromatic heterocycles. The minimum Gasteiger partial charge on any atom is -0.450 e. The lowest BCUT2D eigenvalue weighted by Crippen LogP contribution is -2.63. The molecule has 5 nitrogen and oxygen atoms in total. The normalized spacial score (nSPS) is 47.1. The van der Waals surface area contributed by atoms with Crippen LogP contribution < -0.4 is 0 Å². The fourth-order valence-corrected chi connectivity index (χ4v) is 8.04. The Balaban J connectivity index is 1.81. The summed E-state index contributed by atoms with van der Waals surface area (Å²) in [6.07, 6.45) is 7.40. The Hall–Kier alpha value is -1.46. The van der Waals surface area contributed by atoms with E-state index in [-0.39, 0.29) is 46.5 Å². The molecule has 0 heterocycles. The molecule has 0 bridgehead atoms. The number of fused-ring (bicyclic) bond motifs is 5. The van der Waals surface area contributed by atoms with Crippen molar-refractivity contribution in [3.8, 4) is 0 Å². The van der Waals surface area contributed by atoms with E-state index in [0.29, 0.717) is 6.42 Å². The first kappa shape index (κ1) is 21.8. The van der Waals surface area contributed by atoms with E-state index in [2.05, 4.69) is 6.92 Å². The van der Waals surface area contributed by atoms with Gasteiger partial charge in [0.1, 0.15) is 0 Å². The molecule has 6 heteroatoms. The van der Waals surface area contributed by atoms with Crippen LogP contribution in [0.2, 0.25) is 0 Å². The predicted molar refractivity (Wildman–Crippen MR) is 113 cm³/mol. The van der Waals surface area contributed by atoms with Crippen LogP contribution in [0.5, 0.6) is 0 Å². The van der Waals surface area contributed by atoms with Crippen LogP contribution in [0.4, 0.5) is 0 Å². The van der Waals surface area contributed by atoms with Gasteiger partial charge in [-0.25, -0.2) is 0 Å². The highest BCUT2D eigenvalue weighted by atomic mass is 35.5. The van der Waals surface area contributed by atoms with Gasteiger partial charge < -0.3 is 9.84 Å².